The maximum Gasteiger partial charge on any atom is 0.261 e. The number of imide groups is 1. The third kappa shape index (κ3) is 8.11. The summed E-state index contributed by atoms with van der Waals surface area (Å²) >= 11 is 0. The number of amides is 2. The zero-order valence-electron chi connectivity index (χ0n) is 23.2. The van der Waals surface area contributed by atoms with E-state index in [1.807, 2.05) is 36.4 Å². The van der Waals surface area contributed by atoms with Crippen molar-refractivity contribution in [2.75, 3.05) is 60.9 Å². The Morgan fingerprint density at radius 1 is 0.750 bits per heavy atom. The predicted octanol–water partition coefficient (Wildman–Crippen LogP) is -0.797. The number of benzene rings is 2. The molecule has 0 bridgehead atoms. The Morgan fingerprint density at radius 3 is 1.69 bits per heavy atom. The fourth-order valence-corrected chi connectivity index (χ4v) is 5.53. The third-order valence-electron chi connectivity index (χ3n) is 7.43. The number of carbonyl (C=O) groups is 2. The molecule has 1 aliphatic rings. The molecular formula is C29H45Br2N3O2. The second-order valence-corrected chi connectivity index (χ2v) is 12.3. The lowest BCUT2D eigenvalue weighted by atomic mass is 9.88. The first-order valence-electron chi connectivity index (χ1n) is 12.9. The molecule has 0 aromatic heterocycles. The van der Waals surface area contributed by atoms with Gasteiger partial charge in [0, 0.05) is 28.5 Å². The van der Waals surface area contributed by atoms with Crippen molar-refractivity contribution < 1.29 is 52.5 Å². The standard InChI is InChI=1S/C29H45N3O2.2BrH/c1-8-31(4,5)19-11-9-10-12-20-32(6,7)22-29(2,3)21-30-27(33)24-17-13-15-23-16-14-18-25(26(23)24)28(30)34;;/h13-18H,8-12,19-22H2,1-7H3;2*1H/q+2;;/p-2. The van der Waals surface area contributed by atoms with Gasteiger partial charge in [-0.25, -0.2) is 0 Å². The predicted molar refractivity (Wildman–Crippen MR) is 141 cm³/mol. The molecule has 1 aliphatic heterocycles. The second kappa shape index (κ2) is 13.0. The molecule has 7 heteroatoms. The van der Waals surface area contributed by atoms with Gasteiger partial charge in [0.1, 0.15) is 0 Å². The highest BCUT2D eigenvalue weighted by Crippen LogP contribution is 2.32. The van der Waals surface area contributed by atoms with E-state index < -0.39 is 0 Å². The number of unbranched alkanes of at least 4 members (excludes halogenated alkanes) is 3. The molecule has 0 saturated carbocycles. The Kier molecular flexibility index (Phi) is 11.8. The molecule has 2 aromatic rings. The second-order valence-electron chi connectivity index (χ2n) is 12.3. The van der Waals surface area contributed by atoms with Gasteiger partial charge in [-0.1, -0.05) is 38.1 Å². The average Bonchev–Trinajstić information content (AvgIpc) is 2.76. The van der Waals surface area contributed by atoms with E-state index >= 15 is 0 Å². The molecule has 5 nitrogen and oxygen atoms in total. The van der Waals surface area contributed by atoms with E-state index in [0.717, 1.165) is 32.8 Å². The fraction of sp³-hybridized carbons (Fsp3) is 0.586. The maximum absolute atomic E-state index is 13.3. The Morgan fingerprint density at radius 2 is 1.22 bits per heavy atom. The van der Waals surface area contributed by atoms with Crippen LogP contribution in [0, 0.1) is 5.41 Å². The van der Waals surface area contributed by atoms with Crippen LogP contribution in [0.25, 0.3) is 10.8 Å². The van der Waals surface area contributed by atoms with Crippen molar-refractivity contribution >= 4 is 22.6 Å². The zero-order valence-corrected chi connectivity index (χ0v) is 26.4. The highest BCUT2D eigenvalue weighted by Gasteiger charge is 2.38. The van der Waals surface area contributed by atoms with Gasteiger partial charge in [0.05, 0.1) is 54.4 Å². The van der Waals surface area contributed by atoms with Gasteiger partial charge < -0.3 is 42.9 Å². The molecular weight excluding hydrogens is 582 g/mol. The summed E-state index contributed by atoms with van der Waals surface area (Å²) in [5.41, 5.74) is 1.10. The number of halogens is 2. The summed E-state index contributed by atoms with van der Waals surface area (Å²) in [6.45, 7) is 11.5. The van der Waals surface area contributed by atoms with Crippen molar-refractivity contribution in [3.63, 3.8) is 0 Å². The van der Waals surface area contributed by atoms with Gasteiger partial charge in [-0.2, -0.15) is 0 Å². The Hall–Kier alpha value is -1.28. The van der Waals surface area contributed by atoms with Crippen LogP contribution in [0.2, 0.25) is 0 Å². The van der Waals surface area contributed by atoms with Crippen molar-refractivity contribution in [2.45, 2.75) is 46.5 Å². The van der Waals surface area contributed by atoms with E-state index in [1.54, 1.807) is 0 Å². The summed E-state index contributed by atoms with van der Waals surface area (Å²) in [6.07, 6.45) is 5.04. The van der Waals surface area contributed by atoms with E-state index in [1.165, 1.54) is 43.7 Å². The minimum atomic E-state index is -0.183. The molecule has 0 unspecified atom stereocenters. The topological polar surface area (TPSA) is 37.4 Å². The first-order chi connectivity index (χ1) is 15.9. The maximum atomic E-state index is 13.3. The van der Waals surface area contributed by atoms with Crippen molar-refractivity contribution in [1.82, 2.24) is 4.90 Å². The van der Waals surface area contributed by atoms with Crippen molar-refractivity contribution in [1.29, 1.82) is 0 Å². The van der Waals surface area contributed by atoms with Gasteiger partial charge in [-0.05, 0) is 50.1 Å². The quantitative estimate of drug-likeness (QED) is 0.176. The first-order valence-corrected chi connectivity index (χ1v) is 12.9. The average molecular weight is 628 g/mol. The highest BCUT2D eigenvalue weighted by molar-refractivity contribution is 6.25. The van der Waals surface area contributed by atoms with Crippen LogP contribution in [0.3, 0.4) is 0 Å². The molecule has 0 spiro atoms. The molecule has 202 valence electrons. The molecule has 2 aromatic carbocycles. The molecule has 1 heterocycles. The van der Waals surface area contributed by atoms with Gasteiger partial charge >= 0.3 is 0 Å². The van der Waals surface area contributed by atoms with Crippen LogP contribution in [-0.2, 0) is 0 Å². The SMILES string of the molecule is CC[N+](C)(C)CCCCCC[N+](C)(C)CC(C)(C)CN1C(=O)c2cccc3cccc(c23)C1=O.[Br-].[Br-]. The number of hydrogen-bond donors (Lipinski definition) is 0. The Bertz CT molecular complexity index is 999. The molecule has 3 rings (SSSR count). The van der Waals surface area contributed by atoms with Gasteiger partial charge in [0.2, 0.25) is 0 Å². The molecule has 0 saturated heterocycles. The minimum absolute atomic E-state index is 0. The normalized spacial score (nSPS) is 14.0. The van der Waals surface area contributed by atoms with Crippen LogP contribution in [0.4, 0.5) is 0 Å². The van der Waals surface area contributed by atoms with Crippen LogP contribution < -0.4 is 34.0 Å². The third-order valence-corrected chi connectivity index (χ3v) is 7.43. The number of nitrogens with zero attached hydrogens (tertiary/aromatic N) is 3. The molecule has 0 fully saturated rings. The summed E-state index contributed by atoms with van der Waals surface area (Å²) in [7, 11) is 9.15. The Labute approximate surface area is 239 Å². The van der Waals surface area contributed by atoms with Gasteiger partial charge in [-0.3, -0.25) is 14.5 Å². The summed E-state index contributed by atoms with van der Waals surface area (Å²) in [5.74, 6) is -0.331. The number of carbonyl (C=O) groups excluding carboxylic acids is 2. The molecule has 0 radical (unpaired) electrons. The van der Waals surface area contributed by atoms with Crippen LogP contribution in [0.5, 0.6) is 0 Å². The summed E-state index contributed by atoms with van der Waals surface area (Å²) in [4.78, 5) is 28.1. The van der Waals surface area contributed by atoms with E-state index in [2.05, 4.69) is 49.0 Å². The highest BCUT2D eigenvalue weighted by atomic mass is 79.9. The molecule has 0 aliphatic carbocycles. The minimum Gasteiger partial charge on any atom is -1.00 e. The van der Waals surface area contributed by atoms with Gasteiger partial charge in [0.25, 0.3) is 11.8 Å². The van der Waals surface area contributed by atoms with Crippen LogP contribution >= 0.6 is 0 Å². The van der Waals surface area contributed by atoms with Gasteiger partial charge in [0.15, 0.2) is 0 Å². The van der Waals surface area contributed by atoms with Crippen molar-refractivity contribution in [2.24, 2.45) is 5.41 Å². The molecule has 2 amide bonds. The van der Waals surface area contributed by atoms with Crippen molar-refractivity contribution in [3.8, 4) is 0 Å². The smallest absolute Gasteiger partial charge is 0.261 e. The number of quaternary nitrogens is 2. The summed E-state index contributed by atoms with van der Waals surface area (Å²) in [5, 5.41) is 1.75. The monoisotopic (exact) mass is 625 g/mol. The summed E-state index contributed by atoms with van der Waals surface area (Å²) in [6, 6.07) is 11.4. The van der Waals surface area contributed by atoms with E-state index in [0.29, 0.717) is 17.7 Å². The van der Waals surface area contributed by atoms with Gasteiger partial charge in [-0.15, -0.1) is 0 Å². The largest absolute Gasteiger partial charge is 1.00 e. The van der Waals surface area contributed by atoms with E-state index in [4.69, 9.17) is 0 Å². The fourth-order valence-electron chi connectivity index (χ4n) is 5.53. The molecule has 0 atom stereocenters. The lowest BCUT2D eigenvalue weighted by Gasteiger charge is -2.40. The number of rotatable bonds is 12. The lowest BCUT2D eigenvalue weighted by molar-refractivity contribution is -0.896. The van der Waals surface area contributed by atoms with E-state index in [-0.39, 0.29) is 51.2 Å². The van der Waals surface area contributed by atoms with Crippen LogP contribution in [0.15, 0.2) is 36.4 Å². The molecule has 0 N–H and O–H groups in total. The van der Waals surface area contributed by atoms with E-state index in [9.17, 15) is 9.59 Å². The zero-order chi connectivity index (χ0) is 25.1. The first kappa shape index (κ1) is 32.7. The van der Waals surface area contributed by atoms with Crippen molar-refractivity contribution in [3.05, 3.63) is 47.5 Å². The van der Waals surface area contributed by atoms with Crippen LogP contribution in [0.1, 0.15) is 67.2 Å². The molecule has 36 heavy (non-hydrogen) atoms. The van der Waals surface area contributed by atoms with Crippen LogP contribution in [-0.4, -0.2) is 86.6 Å². The Balaban J connectivity index is 0.00000324. The number of hydrogen-bond acceptors (Lipinski definition) is 2. The summed E-state index contributed by atoms with van der Waals surface area (Å²) < 4.78 is 1.99. The lowest BCUT2D eigenvalue weighted by Crippen LogP contribution is -3.00.